The van der Waals surface area contributed by atoms with E-state index in [1.807, 2.05) is 19.1 Å². The molecule has 1 aromatic carbocycles. The normalized spacial score (nSPS) is 22.5. The van der Waals surface area contributed by atoms with E-state index in [0.717, 1.165) is 42.1 Å². The van der Waals surface area contributed by atoms with Gasteiger partial charge in [-0.1, -0.05) is 37.8 Å². The minimum Gasteiger partial charge on any atom is -0.481 e. The van der Waals surface area contributed by atoms with Gasteiger partial charge < -0.3 is 10.4 Å². The van der Waals surface area contributed by atoms with E-state index in [9.17, 15) is 14.7 Å². The summed E-state index contributed by atoms with van der Waals surface area (Å²) in [5.74, 6) is -1.50. The van der Waals surface area contributed by atoms with Crippen LogP contribution in [0.5, 0.6) is 0 Å². The van der Waals surface area contributed by atoms with Gasteiger partial charge in [0.2, 0.25) is 0 Å². The fourth-order valence-corrected chi connectivity index (χ4v) is 3.47. The summed E-state index contributed by atoms with van der Waals surface area (Å²) in [5, 5.41) is 12.4. The number of halogens is 1. The van der Waals surface area contributed by atoms with Crippen molar-refractivity contribution in [3.05, 3.63) is 33.8 Å². The van der Waals surface area contributed by atoms with Gasteiger partial charge in [0.25, 0.3) is 5.91 Å². The highest BCUT2D eigenvalue weighted by Crippen LogP contribution is 2.25. The molecule has 2 N–H and O–H groups in total. The highest BCUT2D eigenvalue weighted by molar-refractivity contribution is 9.10. The van der Waals surface area contributed by atoms with Crippen molar-refractivity contribution in [2.45, 2.75) is 51.5 Å². The summed E-state index contributed by atoms with van der Waals surface area (Å²) in [7, 11) is 0. The maximum absolute atomic E-state index is 12.5. The van der Waals surface area contributed by atoms with Gasteiger partial charge in [-0.3, -0.25) is 9.59 Å². The summed E-state index contributed by atoms with van der Waals surface area (Å²) in [4.78, 5) is 24.0. The van der Waals surface area contributed by atoms with E-state index < -0.39 is 11.9 Å². The molecule has 2 atom stereocenters. The van der Waals surface area contributed by atoms with E-state index in [1.165, 1.54) is 0 Å². The van der Waals surface area contributed by atoms with Crippen LogP contribution in [0.15, 0.2) is 22.7 Å². The van der Waals surface area contributed by atoms with Gasteiger partial charge in [-0.05, 0) is 47.3 Å². The van der Waals surface area contributed by atoms with Crippen LogP contribution in [0.1, 0.15) is 54.4 Å². The summed E-state index contributed by atoms with van der Waals surface area (Å²) in [6.45, 7) is 1.93. The first-order valence-corrected chi connectivity index (χ1v) is 8.59. The minimum absolute atomic E-state index is 0.201. The number of benzene rings is 1. The molecule has 2 unspecified atom stereocenters. The molecule has 1 fully saturated rings. The molecule has 2 rings (SSSR count). The van der Waals surface area contributed by atoms with Crippen LogP contribution in [0.2, 0.25) is 0 Å². The number of carboxylic acid groups (broad SMARTS) is 1. The zero-order chi connectivity index (χ0) is 16.1. The van der Waals surface area contributed by atoms with Crippen LogP contribution in [0, 0.1) is 12.8 Å². The average Bonchev–Trinajstić information content (AvgIpc) is 2.44. The van der Waals surface area contributed by atoms with Crippen LogP contribution < -0.4 is 5.32 Å². The second kappa shape index (κ2) is 7.77. The molecule has 1 aliphatic carbocycles. The summed E-state index contributed by atoms with van der Waals surface area (Å²) >= 11 is 3.44. The molecule has 0 aliphatic heterocycles. The third-order valence-electron chi connectivity index (χ3n) is 4.34. The highest BCUT2D eigenvalue weighted by Gasteiger charge is 2.30. The SMILES string of the molecule is Cc1cccc(C(=O)NC2CCCCCCC2C(=O)O)c1Br. The third-order valence-corrected chi connectivity index (χ3v) is 5.39. The van der Waals surface area contributed by atoms with Gasteiger partial charge in [-0.25, -0.2) is 0 Å². The lowest BCUT2D eigenvalue weighted by atomic mass is 9.86. The first-order chi connectivity index (χ1) is 10.5. The highest BCUT2D eigenvalue weighted by atomic mass is 79.9. The van der Waals surface area contributed by atoms with Gasteiger partial charge in [-0.15, -0.1) is 0 Å². The largest absolute Gasteiger partial charge is 0.481 e. The van der Waals surface area contributed by atoms with Crippen molar-refractivity contribution in [2.75, 3.05) is 0 Å². The summed E-state index contributed by atoms with van der Waals surface area (Å²) in [6, 6.07) is 5.22. The van der Waals surface area contributed by atoms with Crippen LogP contribution in [-0.4, -0.2) is 23.0 Å². The Balaban J connectivity index is 2.16. The van der Waals surface area contributed by atoms with E-state index in [2.05, 4.69) is 21.2 Å². The second-order valence-corrected chi connectivity index (χ2v) is 6.75. The monoisotopic (exact) mass is 367 g/mol. The van der Waals surface area contributed by atoms with Crippen LogP contribution >= 0.6 is 15.9 Å². The average molecular weight is 368 g/mol. The van der Waals surface area contributed by atoms with Crippen molar-refractivity contribution in [1.29, 1.82) is 0 Å². The molecule has 120 valence electrons. The van der Waals surface area contributed by atoms with Crippen molar-refractivity contribution in [3.8, 4) is 0 Å². The number of aliphatic carboxylic acids is 1. The summed E-state index contributed by atoms with van der Waals surface area (Å²) < 4.78 is 0.769. The molecule has 5 heteroatoms. The molecule has 0 aromatic heterocycles. The molecule has 0 radical (unpaired) electrons. The number of hydrogen-bond acceptors (Lipinski definition) is 2. The molecular formula is C17H22BrNO3. The van der Waals surface area contributed by atoms with Gasteiger partial charge in [0, 0.05) is 10.5 Å². The lowest BCUT2D eigenvalue weighted by molar-refractivity contribution is -0.143. The van der Waals surface area contributed by atoms with Crippen LogP contribution in [0.25, 0.3) is 0 Å². The van der Waals surface area contributed by atoms with E-state index in [0.29, 0.717) is 12.0 Å². The maximum Gasteiger partial charge on any atom is 0.308 e. The van der Waals surface area contributed by atoms with E-state index in [-0.39, 0.29) is 11.9 Å². The predicted octanol–water partition coefficient (Wildman–Crippen LogP) is 3.91. The van der Waals surface area contributed by atoms with Crippen molar-refractivity contribution in [1.82, 2.24) is 5.32 Å². The quantitative estimate of drug-likeness (QED) is 0.850. The first-order valence-electron chi connectivity index (χ1n) is 7.79. The van der Waals surface area contributed by atoms with Crippen molar-refractivity contribution in [3.63, 3.8) is 0 Å². The van der Waals surface area contributed by atoms with Gasteiger partial charge in [-0.2, -0.15) is 0 Å². The van der Waals surface area contributed by atoms with Crippen LogP contribution in [-0.2, 0) is 4.79 Å². The fourth-order valence-electron chi connectivity index (χ4n) is 3.02. The molecule has 4 nitrogen and oxygen atoms in total. The molecule has 1 saturated carbocycles. The predicted molar refractivity (Wildman–Crippen MR) is 89.0 cm³/mol. The number of rotatable bonds is 3. The number of nitrogens with one attached hydrogen (secondary N) is 1. The Hall–Kier alpha value is -1.36. The van der Waals surface area contributed by atoms with Crippen LogP contribution in [0.3, 0.4) is 0 Å². The molecule has 0 spiro atoms. The lowest BCUT2D eigenvalue weighted by Gasteiger charge is -2.27. The molecule has 0 bridgehead atoms. The van der Waals surface area contributed by atoms with Crippen molar-refractivity contribution < 1.29 is 14.7 Å². The van der Waals surface area contributed by atoms with E-state index in [4.69, 9.17) is 0 Å². The second-order valence-electron chi connectivity index (χ2n) is 5.95. The van der Waals surface area contributed by atoms with Gasteiger partial charge in [0.15, 0.2) is 0 Å². The molecule has 0 heterocycles. The number of carbonyl (C=O) groups is 2. The number of aryl methyl sites for hydroxylation is 1. The number of hydrogen-bond donors (Lipinski definition) is 2. The van der Waals surface area contributed by atoms with Gasteiger partial charge in [0.1, 0.15) is 0 Å². The van der Waals surface area contributed by atoms with Crippen molar-refractivity contribution >= 4 is 27.8 Å². The standard InChI is InChI=1S/C17H22BrNO3/c1-11-7-6-9-13(15(11)18)16(20)19-14-10-5-3-2-4-8-12(14)17(21)22/h6-7,9,12,14H,2-5,8,10H2,1H3,(H,19,20)(H,21,22). The topological polar surface area (TPSA) is 66.4 Å². The Kier molecular flexibility index (Phi) is 6.00. The number of carbonyl (C=O) groups excluding carboxylic acids is 1. The van der Waals surface area contributed by atoms with Gasteiger partial charge in [0.05, 0.1) is 11.5 Å². The first kappa shape index (κ1) is 17.0. The smallest absolute Gasteiger partial charge is 0.308 e. The molecule has 0 saturated heterocycles. The molecular weight excluding hydrogens is 346 g/mol. The Labute approximate surface area is 139 Å². The van der Waals surface area contributed by atoms with Crippen molar-refractivity contribution in [2.24, 2.45) is 5.92 Å². The zero-order valence-electron chi connectivity index (χ0n) is 12.8. The Bertz CT molecular complexity index is 559. The van der Waals surface area contributed by atoms with E-state index in [1.54, 1.807) is 6.07 Å². The third kappa shape index (κ3) is 4.09. The zero-order valence-corrected chi connectivity index (χ0v) is 14.4. The summed E-state index contributed by atoms with van der Waals surface area (Å²) in [5.41, 5.74) is 1.55. The Morgan fingerprint density at radius 3 is 2.55 bits per heavy atom. The molecule has 22 heavy (non-hydrogen) atoms. The molecule has 1 amide bonds. The fraction of sp³-hybridized carbons (Fsp3) is 0.529. The van der Waals surface area contributed by atoms with E-state index >= 15 is 0 Å². The minimum atomic E-state index is -0.810. The Morgan fingerprint density at radius 2 is 1.86 bits per heavy atom. The summed E-state index contributed by atoms with van der Waals surface area (Å²) in [6.07, 6.45) is 5.42. The molecule has 1 aliphatic rings. The Morgan fingerprint density at radius 1 is 1.18 bits per heavy atom. The number of amides is 1. The van der Waals surface area contributed by atoms with Crippen LogP contribution in [0.4, 0.5) is 0 Å². The van der Waals surface area contributed by atoms with Gasteiger partial charge >= 0.3 is 5.97 Å². The lowest BCUT2D eigenvalue weighted by Crippen LogP contribution is -2.44. The number of carboxylic acids is 1. The maximum atomic E-state index is 12.5. The molecule has 1 aromatic rings.